The smallest absolute Gasteiger partial charge is 0.309 e. The Balaban J connectivity index is 0.00000529. The van der Waals surface area contributed by atoms with Crippen LogP contribution in [0.5, 0.6) is 0 Å². The number of likely N-dealkylation sites (tertiary alicyclic amines) is 1. The summed E-state index contributed by atoms with van der Waals surface area (Å²) in [6.45, 7) is 11.4. The van der Waals surface area contributed by atoms with E-state index in [9.17, 15) is 4.79 Å². The van der Waals surface area contributed by atoms with Crippen molar-refractivity contribution in [1.29, 1.82) is 0 Å². The van der Waals surface area contributed by atoms with Crippen molar-refractivity contribution in [3.05, 3.63) is 0 Å². The van der Waals surface area contributed by atoms with Crippen LogP contribution in [0.15, 0.2) is 4.99 Å². The first-order valence-corrected chi connectivity index (χ1v) is 9.00. The molecular weight excluding hydrogens is 421 g/mol. The van der Waals surface area contributed by atoms with Gasteiger partial charge in [0.15, 0.2) is 5.96 Å². The van der Waals surface area contributed by atoms with E-state index in [1.165, 1.54) is 0 Å². The molecule has 24 heavy (non-hydrogen) atoms. The van der Waals surface area contributed by atoms with Crippen LogP contribution >= 0.6 is 24.0 Å². The van der Waals surface area contributed by atoms with Crippen LogP contribution < -0.4 is 5.32 Å². The van der Waals surface area contributed by atoms with Gasteiger partial charge in [0.25, 0.3) is 0 Å². The third-order valence-electron chi connectivity index (χ3n) is 3.91. The lowest BCUT2D eigenvalue weighted by molar-refractivity contribution is -0.149. The Bertz CT molecular complexity index is 359. The highest BCUT2D eigenvalue weighted by Crippen LogP contribution is 2.18. The van der Waals surface area contributed by atoms with E-state index in [2.05, 4.69) is 17.1 Å². The molecule has 0 radical (unpaired) electrons. The fourth-order valence-corrected chi connectivity index (χ4v) is 2.66. The molecule has 142 valence electrons. The highest BCUT2D eigenvalue weighted by Gasteiger charge is 2.27. The highest BCUT2D eigenvalue weighted by atomic mass is 127. The lowest BCUT2D eigenvalue weighted by Gasteiger charge is -2.33. The van der Waals surface area contributed by atoms with Crippen LogP contribution in [-0.2, 0) is 14.3 Å². The monoisotopic (exact) mass is 455 g/mol. The largest absolute Gasteiger partial charge is 0.466 e. The number of piperidine rings is 1. The molecule has 0 aromatic carbocycles. The maximum absolute atomic E-state index is 11.8. The number of esters is 1. The molecule has 6 nitrogen and oxygen atoms in total. The molecule has 7 heteroatoms. The van der Waals surface area contributed by atoms with Gasteiger partial charge in [0.1, 0.15) is 0 Å². The average Bonchev–Trinajstić information content (AvgIpc) is 2.57. The van der Waals surface area contributed by atoms with E-state index < -0.39 is 0 Å². The number of nitrogens with zero attached hydrogens (tertiary/aromatic N) is 2. The van der Waals surface area contributed by atoms with E-state index in [1.54, 1.807) is 0 Å². The van der Waals surface area contributed by atoms with Crippen LogP contribution in [-0.4, -0.2) is 62.8 Å². The molecule has 1 aliphatic rings. The van der Waals surface area contributed by atoms with Gasteiger partial charge < -0.3 is 19.7 Å². The SMILES string of the molecule is CCNC(=NCCCCOCC)N1CCC(C(=O)OCC)CC1.I. The number of nitrogens with one attached hydrogen (secondary N) is 1. The van der Waals surface area contributed by atoms with Gasteiger partial charge in [0.05, 0.1) is 12.5 Å². The average molecular weight is 455 g/mol. The maximum atomic E-state index is 11.8. The first-order chi connectivity index (χ1) is 11.2. The number of carbonyl (C=O) groups excluding carboxylic acids is 1. The first-order valence-electron chi connectivity index (χ1n) is 9.00. The van der Waals surface area contributed by atoms with E-state index in [4.69, 9.17) is 14.5 Å². The Morgan fingerprint density at radius 3 is 2.46 bits per heavy atom. The van der Waals surface area contributed by atoms with Crippen LogP contribution in [0, 0.1) is 5.92 Å². The van der Waals surface area contributed by atoms with Gasteiger partial charge in [0.2, 0.25) is 0 Å². The lowest BCUT2D eigenvalue weighted by Crippen LogP contribution is -2.46. The van der Waals surface area contributed by atoms with Crippen molar-refractivity contribution in [3.63, 3.8) is 0 Å². The summed E-state index contributed by atoms with van der Waals surface area (Å²) in [6, 6.07) is 0. The Morgan fingerprint density at radius 2 is 1.88 bits per heavy atom. The molecule has 0 spiro atoms. The molecule has 0 bridgehead atoms. The number of hydrogen-bond acceptors (Lipinski definition) is 4. The second-order valence-electron chi connectivity index (χ2n) is 5.65. The van der Waals surface area contributed by atoms with Gasteiger partial charge in [-0.3, -0.25) is 9.79 Å². The molecule has 0 amide bonds. The number of hydrogen-bond donors (Lipinski definition) is 1. The van der Waals surface area contributed by atoms with Gasteiger partial charge in [-0.05, 0) is 46.5 Å². The van der Waals surface area contributed by atoms with Gasteiger partial charge in [0, 0.05) is 39.4 Å². The summed E-state index contributed by atoms with van der Waals surface area (Å²) in [5.41, 5.74) is 0. The number of halogens is 1. The minimum Gasteiger partial charge on any atom is -0.466 e. The molecule has 0 saturated carbocycles. The third kappa shape index (κ3) is 9.05. The Kier molecular flexibility index (Phi) is 14.4. The molecule has 1 aliphatic heterocycles. The molecular formula is C17H34IN3O3. The Morgan fingerprint density at radius 1 is 1.17 bits per heavy atom. The van der Waals surface area contributed by atoms with Crippen molar-refractivity contribution in [2.24, 2.45) is 10.9 Å². The fourth-order valence-electron chi connectivity index (χ4n) is 2.66. The normalized spacial score (nSPS) is 15.8. The van der Waals surface area contributed by atoms with E-state index in [1.807, 2.05) is 13.8 Å². The summed E-state index contributed by atoms with van der Waals surface area (Å²) >= 11 is 0. The molecule has 0 aliphatic carbocycles. The molecule has 1 fully saturated rings. The van der Waals surface area contributed by atoms with Crippen LogP contribution in [0.2, 0.25) is 0 Å². The molecule has 0 aromatic rings. The number of rotatable bonds is 9. The molecule has 1 heterocycles. The zero-order valence-electron chi connectivity index (χ0n) is 15.4. The van der Waals surface area contributed by atoms with Crippen LogP contribution in [0.25, 0.3) is 0 Å². The summed E-state index contributed by atoms with van der Waals surface area (Å²) < 4.78 is 10.5. The number of unbranched alkanes of at least 4 members (excludes halogenated alkanes) is 1. The highest BCUT2D eigenvalue weighted by molar-refractivity contribution is 14.0. The number of aliphatic imine (C=N–C) groups is 1. The maximum Gasteiger partial charge on any atom is 0.309 e. The van der Waals surface area contributed by atoms with Crippen LogP contribution in [0.4, 0.5) is 0 Å². The van der Waals surface area contributed by atoms with Crippen molar-refractivity contribution in [2.75, 3.05) is 46.0 Å². The topological polar surface area (TPSA) is 63.2 Å². The van der Waals surface area contributed by atoms with Crippen LogP contribution in [0.1, 0.15) is 46.5 Å². The molecule has 1 saturated heterocycles. The number of carbonyl (C=O) groups is 1. The van der Waals surface area contributed by atoms with Crippen molar-refractivity contribution in [1.82, 2.24) is 10.2 Å². The van der Waals surface area contributed by atoms with Gasteiger partial charge in [-0.1, -0.05) is 0 Å². The first kappa shape index (κ1) is 23.4. The van der Waals surface area contributed by atoms with Gasteiger partial charge in [-0.15, -0.1) is 24.0 Å². The van der Waals surface area contributed by atoms with Gasteiger partial charge in [-0.25, -0.2) is 0 Å². The zero-order chi connectivity index (χ0) is 16.9. The number of ether oxygens (including phenoxy) is 2. The fraction of sp³-hybridized carbons (Fsp3) is 0.882. The van der Waals surface area contributed by atoms with Crippen molar-refractivity contribution in [2.45, 2.75) is 46.5 Å². The lowest BCUT2D eigenvalue weighted by atomic mass is 9.97. The quantitative estimate of drug-likeness (QED) is 0.191. The second kappa shape index (κ2) is 14.7. The minimum atomic E-state index is -0.0509. The predicted octanol–water partition coefficient (Wildman–Crippen LogP) is 2.66. The third-order valence-corrected chi connectivity index (χ3v) is 3.91. The minimum absolute atomic E-state index is 0. The van der Waals surface area contributed by atoms with Crippen molar-refractivity contribution >= 4 is 35.9 Å². The second-order valence-corrected chi connectivity index (χ2v) is 5.65. The summed E-state index contributed by atoms with van der Waals surface area (Å²) in [6.07, 6.45) is 3.76. The summed E-state index contributed by atoms with van der Waals surface area (Å²) in [4.78, 5) is 18.8. The van der Waals surface area contributed by atoms with Crippen LogP contribution in [0.3, 0.4) is 0 Å². The van der Waals surface area contributed by atoms with E-state index >= 15 is 0 Å². The van der Waals surface area contributed by atoms with E-state index in [0.29, 0.717) is 6.61 Å². The standard InChI is InChI=1S/C17H33N3O3.HI/c1-4-18-17(19-11-7-8-14-22-5-2)20-12-9-15(10-13-20)16(21)23-6-3;/h15H,4-14H2,1-3H3,(H,18,19);1H. The van der Waals surface area contributed by atoms with E-state index in [0.717, 1.165) is 71.0 Å². The molecule has 1 rings (SSSR count). The summed E-state index contributed by atoms with van der Waals surface area (Å²) in [5, 5.41) is 3.35. The van der Waals surface area contributed by atoms with Crippen molar-refractivity contribution in [3.8, 4) is 0 Å². The Labute approximate surface area is 163 Å². The zero-order valence-corrected chi connectivity index (χ0v) is 17.7. The predicted molar refractivity (Wildman–Crippen MR) is 108 cm³/mol. The summed E-state index contributed by atoms with van der Waals surface area (Å²) in [7, 11) is 0. The summed E-state index contributed by atoms with van der Waals surface area (Å²) in [5.74, 6) is 0.955. The van der Waals surface area contributed by atoms with E-state index in [-0.39, 0.29) is 35.9 Å². The molecule has 1 N–H and O–H groups in total. The van der Waals surface area contributed by atoms with Gasteiger partial charge in [-0.2, -0.15) is 0 Å². The molecule has 0 unspecified atom stereocenters. The molecule has 0 aromatic heterocycles. The Hall–Kier alpha value is -0.570. The molecule has 0 atom stereocenters. The van der Waals surface area contributed by atoms with Crippen molar-refractivity contribution < 1.29 is 14.3 Å². The van der Waals surface area contributed by atoms with Gasteiger partial charge >= 0.3 is 5.97 Å². The number of guanidine groups is 1.